The van der Waals surface area contributed by atoms with Crippen molar-refractivity contribution in [1.82, 2.24) is 21.2 Å². The molecule has 8 heteroatoms. The molecule has 1 aliphatic heterocycles. The summed E-state index contributed by atoms with van der Waals surface area (Å²) in [5.41, 5.74) is 8.44. The highest BCUT2D eigenvalue weighted by molar-refractivity contribution is 7.97. The highest BCUT2D eigenvalue weighted by Gasteiger charge is 2.03. The van der Waals surface area contributed by atoms with Gasteiger partial charge in [-0.05, 0) is 26.2 Å². The number of unbranched alkanes of at least 4 members (excludes halogenated alkanes) is 12. The van der Waals surface area contributed by atoms with Gasteiger partial charge in [0.25, 0.3) is 0 Å². The summed E-state index contributed by atoms with van der Waals surface area (Å²) in [6.07, 6.45) is 19.7. The summed E-state index contributed by atoms with van der Waals surface area (Å²) in [5, 5.41) is 4.08. The number of hydrazone groups is 1. The van der Waals surface area contributed by atoms with E-state index in [1.54, 1.807) is 6.92 Å². The molecule has 0 aliphatic carbocycles. The molecule has 0 saturated heterocycles. The molecule has 0 bridgehead atoms. The van der Waals surface area contributed by atoms with Crippen LogP contribution in [-0.2, 0) is 9.59 Å². The molecule has 0 spiro atoms. The first-order valence-electron chi connectivity index (χ1n) is 11.9. The summed E-state index contributed by atoms with van der Waals surface area (Å²) >= 11 is 1.43. The summed E-state index contributed by atoms with van der Waals surface area (Å²) < 4.78 is 2.87. The van der Waals surface area contributed by atoms with Crippen LogP contribution in [-0.4, -0.2) is 23.3 Å². The summed E-state index contributed by atoms with van der Waals surface area (Å²) in [6, 6.07) is 0. The minimum atomic E-state index is 0.126. The van der Waals surface area contributed by atoms with E-state index in [2.05, 4.69) is 26.3 Å². The van der Waals surface area contributed by atoms with Gasteiger partial charge in [-0.15, -0.1) is 10.6 Å². The Hall–Kier alpha value is -1.28. The quantitative estimate of drug-likeness (QED) is 0.150. The Bertz CT molecular complexity index is 488. The molecule has 1 rings (SSSR count). The molecular formula is C22H43N5O2S. The maximum Gasteiger partial charge on any atom is 0.229 e. The first-order valence-corrected chi connectivity index (χ1v) is 12.9. The van der Waals surface area contributed by atoms with Crippen LogP contribution in [0.4, 0.5) is 0 Å². The fourth-order valence-electron chi connectivity index (χ4n) is 3.44. The van der Waals surface area contributed by atoms with Crippen molar-refractivity contribution in [1.29, 1.82) is 0 Å². The fraction of sp³-hybridized carbons (Fsp3) is 0.864. The summed E-state index contributed by atoms with van der Waals surface area (Å²) in [6.45, 7) is 1.61. The molecule has 4 N–H and O–H groups in total. The molecule has 174 valence electrons. The normalized spacial score (nSPS) is 12.9. The molecule has 0 atom stereocenters. The molecule has 0 aromatic heterocycles. The highest BCUT2D eigenvalue weighted by atomic mass is 32.2. The van der Waals surface area contributed by atoms with Gasteiger partial charge in [-0.2, -0.15) is 0 Å². The third-order valence-electron chi connectivity index (χ3n) is 5.23. The lowest BCUT2D eigenvalue weighted by Gasteiger charge is -2.05. The first kappa shape index (κ1) is 26.8. The van der Waals surface area contributed by atoms with Gasteiger partial charge < -0.3 is 9.52 Å². The molecule has 1 heterocycles. The Morgan fingerprint density at radius 1 is 0.800 bits per heavy atom. The molecule has 30 heavy (non-hydrogen) atoms. The minimum Gasteiger partial charge on any atom is -0.300 e. The Morgan fingerprint density at radius 2 is 1.37 bits per heavy atom. The predicted octanol–water partition coefficient (Wildman–Crippen LogP) is 4.90. The average Bonchev–Trinajstić information content (AvgIpc) is 3.24. The van der Waals surface area contributed by atoms with E-state index in [1.807, 2.05) is 0 Å². The van der Waals surface area contributed by atoms with Crippen LogP contribution < -0.4 is 21.2 Å². The van der Waals surface area contributed by atoms with Crippen LogP contribution in [0, 0.1) is 0 Å². The van der Waals surface area contributed by atoms with Crippen LogP contribution in [0.15, 0.2) is 5.10 Å². The van der Waals surface area contributed by atoms with Crippen molar-refractivity contribution in [2.24, 2.45) is 5.10 Å². The second kappa shape index (κ2) is 19.7. The van der Waals surface area contributed by atoms with E-state index in [4.69, 9.17) is 0 Å². The molecule has 1 aliphatic rings. The zero-order valence-electron chi connectivity index (χ0n) is 18.9. The number of nitrogens with one attached hydrogen (secondary N) is 4. The zero-order chi connectivity index (χ0) is 21.7. The summed E-state index contributed by atoms with van der Waals surface area (Å²) in [4.78, 5) is 22.5. The van der Waals surface area contributed by atoms with Gasteiger partial charge in [-0.3, -0.25) is 10.2 Å². The van der Waals surface area contributed by atoms with E-state index in [1.165, 1.54) is 82.6 Å². The van der Waals surface area contributed by atoms with Gasteiger partial charge in [0.05, 0.1) is 0 Å². The van der Waals surface area contributed by atoms with E-state index < -0.39 is 0 Å². The maximum atomic E-state index is 11.7. The molecule has 1 amide bonds. The lowest BCUT2D eigenvalue weighted by atomic mass is 10.0. The maximum absolute atomic E-state index is 11.7. The third-order valence-corrected chi connectivity index (χ3v) is 6.10. The monoisotopic (exact) mass is 441 g/mol. The Kier molecular flexibility index (Phi) is 17.5. The van der Waals surface area contributed by atoms with Crippen LogP contribution in [0.1, 0.15) is 116 Å². The zero-order valence-corrected chi connectivity index (χ0v) is 19.7. The molecule has 7 nitrogen and oxygen atoms in total. The minimum absolute atomic E-state index is 0.126. The van der Waals surface area contributed by atoms with Crippen molar-refractivity contribution in [2.75, 3.05) is 5.75 Å². The molecule has 0 fully saturated rings. The third kappa shape index (κ3) is 17.6. The summed E-state index contributed by atoms with van der Waals surface area (Å²) in [7, 11) is 0. The molecule has 0 aromatic carbocycles. The van der Waals surface area contributed by atoms with Gasteiger partial charge >= 0.3 is 0 Å². The van der Waals surface area contributed by atoms with E-state index in [0.29, 0.717) is 12.8 Å². The topological polar surface area (TPSA) is 94.6 Å². The number of amidine groups is 1. The smallest absolute Gasteiger partial charge is 0.229 e. The van der Waals surface area contributed by atoms with Crippen molar-refractivity contribution in [3.05, 3.63) is 0 Å². The van der Waals surface area contributed by atoms with Gasteiger partial charge in [0, 0.05) is 25.0 Å². The Balaban J connectivity index is 1.70. The van der Waals surface area contributed by atoms with Crippen molar-refractivity contribution < 1.29 is 9.59 Å². The van der Waals surface area contributed by atoms with Gasteiger partial charge in [0.1, 0.15) is 11.6 Å². The van der Waals surface area contributed by atoms with Crippen LogP contribution in [0.3, 0.4) is 0 Å². The number of rotatable bonds is 21. The number of carbonyl (C=O) groups excluding carboxylic acids is 2. The molecule has 0 radical (unpaired) electrons. The van der Waals surface area contributed by atoms with E-state index >= 15 is 0 Å². The second-order valence-corrected chi connectivity index (χ2v) is 9.10. The van der Waals surface area contributed by atoms with Crippen molar-refractivity contribution in [3.8, 4) is 0 Å². The van der Waals surface area contributed by atoms with E-state index in [0.717, 1.165) is 37.3 Å². The number of carbonyl (C=O) groups is 2. The number of hydrogen-bond acceptors (Lipinski definition) is 7. The number of hydrazine groups is 2. The number of Topliss-reactive ketones (excluding diaryl/α,β-unsaturated/α-hetero) is 1. The number of hydrogen-bond donors (Lipinski definition) is 4. The molecular weight excluding hydrogens is 398 g/mol. The molecule has 0 aromatic rings. The fourth-order valence-corrected chi connectivity index (χ4v) is 4.09. The SMILES string of the molecule is CC(=O)CCCSNC(=O)CCCCCCCCCCCCCCCC1=NNNN1. The lowest BCUT2D eigenvalue weighted by Crippen LogP contribution is -2.34. The largest absolute Gasteiger partial charge is 0.300 e. The van der Waals surface area contributed by atoms with Crippen LogP contribution in [0.5, 0.6) is 0 Å². The van der Waals surface area contributed by atoms with Crippen molar-refractivity contribution in [2.45, 2.75) is 116 Å². The van der Waals surface area contributed by atoms with Crippen LogP contribution >= 0.6 is 11.9 Å². The molecule has 0 saturated carbocycles. The van der Waals surface area contributed by atoms with Crippen LogP contribution in [0.2, 0.25) is 0 Å². The van der Waals surface area contributed by atoms with Gasteiger partial charge in [0.15, 0.2) is 0 Å². The standard InChI is InChI=1S/C22H43N5O2S/c1-20(28)16-15-19-30-25-22(29)18-14-12-10-8-6-4-2-3-5-7-9-11-13-17-21-23-26-27-24-21/h26-27H,2-19H2,1H3,(H,23,24)(H,25,29). The number of amides is 1. The lowest BCUT2D eigenvalue weighted by molar-refractivity contribution is -0.119. The number of nitrogens with zero attached hydrogens (tertiary/aromatic N) is 1. The van der Waals surface area contributed by atoms with Gasteiger partial charge in [-0.1, -0.05) is 82.6 Å². The highest BCUT2D eigenvalue weighted by Crippen LogP contribution is 2.13. The molecule has 0 unspecified atom stereocenters. The summed E-state index contributed by atoms with van der Waals surface area (Å²) in [5.74, 6) is 2.17. The average molecular weight is 442 g/mol. The predicted molar refractivity (Wildman–Crippen MR) is 127 cm³/mol. The van der Waals surface area contributed by atoms with Crippen molar-refractivity contribution in [3.63, 3.8) is 0 Å². The first-order chi connectivity index (χ1) is 14.7. The number of ketones is 1. The van der Waals surface area contributed by atoms with Crippen LogP contribution in [0.25, 0.3) is 0 Å². The Labute approximate surface area is 187 Å². The van der Waals surface area contributed by atoms with Gasteiger partial charge in [-0.25, -0.2) is 5.53 Å². The van der Waals surface area contributed by atoms with E-state index in [9.17, 15) is 9.59 Å². The second-order valence-electron chi connectivity index (χ2n) is 8.20. The van der Waals surface area contributed by atoms with Gasteiger partial charge in [0.2, 0.25) is 5.91 Å². The Morgan fingerprint density at radius 3 is 1.90 bits per heavy atom. The van der Waals surface area contributed by atoms with E-state index in [-0.39, 0.29) is 11.7 Å². The van der Waals surface area contributed by atoms with Crippen molar-refractivity contribution >= 4 is 29.5 Å².